The Morgan fingerprint density at radius 2 is 2.00 bits per heavy atom. The van der Waals surface area contributed by atoms with Crippen molar-refractivity contribution in [2.45, 2.75) is 13.3 Å². The predicted octanol–water partition coefficient (Wildman–Crippen LogP) is 0.793. The summed E-state index contributed by atoms with van der Waals surface area (Å²) < 4.78 is 5.01. The molecular weight excluding hydrogens is 126 g/mol. The van der Waals surface area contributed by atoms with Crippen molar-refractivity contribution < 1.29 is 4.74 Å². The highest BCUT2D eigenvalue weighted by atomic mass is 35.5. The van der Waals surface area contributed by atoms with Crippen molar-refractivity contribution in [1.29, 1.82) is 0 Å². The molecule has 0 saturated carbocycles. The molecule has 0 bridgehead atoms. The second kappa shape index (κ2) is 10.2. The maximum atomic E-state index is 5.14. The van der Waals surface area contributed by atoms with Crippen LogP contribution in [0.15, 0.2) is 0 Å². The SMILES string of the molecule is CCCOCCN.Cl. The summed E-state index contributed by atoms with van der Waals surface area (Å²) in [4.78, 5) is 0. The first-order valence-corrected chi connectivity index (χ1v) is 2.69. The lowest BCUT2D eigenvalue weighted by molar-refractivity contribution is 0.142. The highest BCUT2D eigenvalue weighted by Gasteiger charge is 1.77. The molecule has 2 nitrogen and oxygen atoms in total. The van der Waals surface area contributed by atoms with Gasteiger partial charge in [-0.25, -0.2) is 0 Å². The van der Waals surface area contributed by atoms with Gasteiger partial charge in [-0.05, 0) is 6.42 Å². The number of rotatable bonds is 4. The summed E-state index contributed by atoms with van der Waals surface area (Å²) in [6, 6.07) is 0. The van der Waals surface area contributed by atoms with Crippen molar-refractivity contribution in [3.05, 3.63) is 0 Å². The second-order valence-electron chi connectivity index (χ2n) is 1.40. The lowest BCUT2D eigenvalue weighted by atomic mass is 10.5. The fraction of sp³-hybridized carbons (Fsp3) is 1.00. The minimum atomic E-state index is 0. The van der Waals surface area contributed by atoms with Crippen LogP contribution in [0.2, 0.25) is 0 Å². The summed E-state index contributed by atoms with van der Waals surface area (Å²) in [7, 11) is 0. The van der Waals surface area contributed by atoms with Crippen LogP contribution in [0.3, 0.4) is 0 Å². The van der Waals surface area contributed by atoms with Crippen LogP contribution in [0, 0.1) is 0 Å². The van der Waals surface area contributed by atoms with E-state index in [-0.39, 0.29) is 12.4 Å². The molecule has 0 aromatic rings. The van der Waals surface area contributed by atoms with Gasteiger partial charge < -0.3 is 10.5 Å². The molecule has 0 radical (unpaired) electrons. The molecule has 0 heterocycles. The molecule has 8 heavy (non-hydrogen) atoms. The number of hydrogen-bond donors (Lipinski definition) is 1. The van der Waals surface area contributed by atoms with Gasteiger partial charge in [-0.3, -0.25) is 0 Å². The van der Waals surface area contributed by atoms with Crippen LogP contribution in [0.5, 0.6) is 0 Å². The van der Waals surface area contributed by atoms with Gasteiger partial charge in [0.25, 0.3) is 0 Å². The van der Waals surface area contributed by atoms with E-state index in [0.29, 0.717) is 13.2 Å². The first-order valence-electron chi connectivity index (χ1n) is 2.69. The zero-order valence-corrected chi connectivity index (χ0v) is 6.04. The van der Waals surface area contributed by atoms with E-state index >= 15 is 0 Å². The van der Waals surface area contributed by atoms with Gasteiger partial charge in [0.1, 0.15) is 0 Å². The summed E-state index contributed by atoms with van der Waals surface area (Å²) in [6.45, 7) is 4.27. The smallest absolute Gasteiger partial charge is 0.0588 e. The minimum absolute atomic E-state index is 0. The van der Waals surface area contributed by atoms with Gasteiger partial charge in [0.05, 0.1) is 6.61 Å². The maximum Gasteiger partial charge on any atom is 0.0588 e. The standard InChI is InChI=1S/C5H13NO.ClH/c1-2-4-7-5-3-6;/h2-6H2,1H3;1H. The Morgan fingerprint density at radius 3 is 2.38 bits per heavy atom. The van der Waals surface area contributed by atoms with Gasteiger partial charge in [-0.1, -0.05) is 6.92 Å². The average molecular weight is 140 g/mol. The number of nitrogens with two attached hydrogens (primary N) is 1. The molecule has 0 fully saturated rings. The van der Waals surface area contributed by atoms with Crippen molar-refractivity contribution in [2.24, 2.45) is 5.73 Å². The van der Waals surface area contributed by atoms with Crippen LogP contribution in [0.4, 0.5) is 0 Å². The van der Waals surface area contributed by atoms with Crippen molar-refractivity contribution >= 4 is 12.4 Å². The molecule has 0 aromatic heterocycles. The highest BCUT2D eigenvalue weighted by molar-refractivity contribution is 5.85. The van der Waals surface area contributed by atoms with Crippen molar-refractivity contribution in [1.82, 2.24) is 0 Å². The molecule has 0 atom stereocenters. The van der Waals surface area contributed by atoms with Gasteiger partial charge >= 0.3 is 0 Å². The average Bonchev–Trinajstić information content (AvgIpc) is 1.69. The monoisotopic (exact) mass is 139 g/mol. The molecule has 0 aliphatic heterocycles. The van der Waals surface area contributed by atoms with Crippen LogP contribution in [-0.2, 0) is 4.74 Å². The van der Waals surface area contributed by atoms with Crippen LogP contribution in [0.1, 0.15) is 13.3 Å². The normalized spacial score (nSPS) is 8.25. The summed E-state index contributed by atoms with van der Waals surface area (Å²) in [6.07, 6.45) is 1.08. The predicted molar refractivity (Wildman–Crippen MR) is 37.4 cm³/mol. The van der Waals surface area contributed by atoms with Gasteiger partial charge in [0, 0.05) is 13.2 Å². The molecule has 0 spiro atoms. The molecule has 0 aromatic carbocycles. The largest absolute Gasteiger partial charge is 0.380 e. The van der Waals surface area contributed by atoms with Crippen LogP contribution >= 0.6 is 12.4 Å². The van der Waals surface area contributed by atoms with Crippen molar-refractivity contribution in [2.75, 3.05) is 19.8 Å². The zero-order chi connectivity index (χ0) is 5.54. The fourth-order valence-electron chi connectivity index (χ4n) is 0.330. The lowest BCUT2D eigenvalue weighted by Crippen LogP contribution is -2.08. The van der Waals surface area contributed by atoms with Crippen molar-refractivity contribution in [3.8, 4) is 0 Å². The van der Waals surface area contributed by atoms with E-state index < -0.39 is 0 Å². The van der Waals surface area contributed by atoms with Crippen LogP contribution < -0.4 is 5.73 Å². The first-order chi connectivity index (χ1) is 3.41. The summed E-state index contributed by atoms with van der Waals surface area (Å²) >= 11 is 0. The Kier molecular flexibility index (Phi) is 14.2. The minimum Gasteiger partial charge on any atom is -0.380 e. The molecule has 0 saturated heterocycles. The van der Waals surface area contributed by atoms with Crippen LogP contribution in [0.25, 0.3) is 0 Å². The molecule has 0 aliphatic carbocycles. The number of ether oxygens (including phenoxy) is 1. The van der Waals surface area contributed by atoms with Gasteiger partial charge in [0.2, 0.25) is 0 Å². The number of halogens is 1. The fourth-order valence-corrected chi connectivity index (χ4v) is 0.330. The van der Waals surface area contributed by atoms with E-state index in [4.69, 9.17) is 10.5 Å². The maximum absolute atomic E-state index is 5.14. The molecule has 0 unspecified atom stereocenters. The van der Waals surface area contributed by atoms with E-state index in [9.17, 15) is 0 Å². The first kappa shape index (κ1) is 11.1. The van der Waals surface area contributed by atoms with E-state index in [0.717, 1.165) is 13.0 Å². The quantitative estimate of drug-likeness (QED) is 0.585. The summed E-state index contributed by atoms with van der Waals surface area (Å²) in [5.74, 6) is 0. The van der Waals surface area contributed by atoms with E-state index in [1.165, 1.54) is 0 Å². The third-order valence-corrected chi connectivity index (χ3v) is 0.611. The van der Waals surface area contributed by atoms with E-state index in [1.807, 2.05) is 0 Å². The molecule has 0 rings (SSSR count). The van der Waals surface area contributed by atoms with Gasteiger partial charge in [-0.15, -0.1) is 12.4 Å². The van der Waals surface area contributed by atoms with Gasteiger partial charge in [-0.2, -0.15) is 0 Å². The molecule has 3 heteroatoms. The molecule has 2 N–H and O–H groups in total. The van der Waals surface area contributed by atoms with Crippen molar-refractivity contribution in [3.63, 3.8) is 0 Å². The molecule has 0 amide bonds. The van der Waals surface area contributed by atoms with Crippen LogP contribution in [-0.4, -0.2) is 19.8 Å². The second-order valence-corrected chi connectivity index (χ2v) is 1.40. The number of hydrogen-bond acceptors (Lipinski definition) is 2. The highest BCUT2D eigenvalue weighted by Crippen LogP contribution is 1.75. The lowest BCUT2D eigenvalue weighted by Gasteiger charge is -1.95. The molecule has 52 valence electrons. The zero-order valence-electron chi connectivity index (χ0n) is 5.22. The Balaban J connectivity index is 0. The van der Waals surface area contributed by atoms with E-state index in [2.05, 4.69) is 6.92 Å². The molecular formula is C5H14ClNO. The van der Waals surface area contributed by atoms with Gasteiger partial charge in [0.15, 0.2) is 0 Å². The Hall–Kier alpha value is 0.210. The third-order valence-electron chi connectivity index (χ3n) is 0.611. The third kappa shape index (κ3) is 9.51. The Morgan fingerprint density at radius 1 is 1.38 bits per heavy atom. The topological polar surface area (TPSA) is 35.2 Å². The summed E-state index contributed by atoms with van der Waals surface area (Å²) in [5, 5.41) is 0. The molecule has 0 aliphatic rings. The summed E-state index contributed by atoms with van der Waals surface area (Å²) in [5.41, 5.74) is 5.14. The Bertz CT molecular complexity index is 31.6. The van der Waals surface area contributed by atoms with E-state index in [1.54, 1.807) is 0 Å². The Labute approximate surface area is 56.8 Å².